The van der Waals surface area contributed by atoms with Gasteiger partial charge in [0.2, 0.25) is 5.91 Å². The van der Waals surface area contributed by atoms with Crippen LogP contribution in [0.2, 0.25) is 0 Å². The second kappa shape index (κ2) is 8.96. The van der Waals surface area contributed by atoms with Crippen LogP contribution < -0.4 is 14.8 Å². The maximum atomic E-state index is 12.7. The van der Waals surface area contributed by atoms with Gasteiger partial charge >= 0.3 is 0 Å². The standard InChI is InChI=1S/C20H23BrN2O4S/c1-27-19-12-11-17(28(25,26)23-16-9-7-15(21)8-10-16)13-18(19)22-20(24)14-5-3-2-4-6-14/h7-14,23H,2-6H2,1H3,(H,22,24). The van der Waals surface area contributed by atoms with Crippen molar-refractivity contribution in [2.75, 3.05) is 17.1 Å². The highest BCUT2D eigenvalue weighted by Gasteiger charge is 2.23. The fourth-order valence-electron chi connectivity index (χ4n) is 3.28. The summed E-state index contributed by atoms with van der Waals surface area (Å²) in [5.41, 5.74) is 0.809. The summed E-state index contributed by atoms with van der Waals surface area (Å²) in [4.78, 5) is 12.6. The molecule has 0 unspecified atom stereocenters. The van der Waals surface area contributed by atoms with Crippen molar-refractivity contribution in [3.05, 3.63) is 46.9 Å². The molecule has 1 saturated carbocycles. The summed E-state index contributed by atoms with van der Waals surface area (Å²) in [5.74, 6) is 0.291. The van der Waals surface area contributed by atoms with Gasteiger partial charge in [-0.05, 0) is 55.3 Å². The maximum absolute atomic E-state index is 12.7. The lowest BCUT2D eigenvalue weighted by Crippen LogP contribution is -2.25. The lowest BCUT2D eigenvalue weighted by atomic mass is 9.88. The Kier molecular flexibility index (Phi) is 6.61. The molecule has 1 fully saturated rings. The van der Waals surface area contributed by atoms with Gasteiger partial charge < -0.3 is 10.1 Å². The Hall–Kier alpha value is -2.06. The Morgan fingerprint density at radius 1 is 1.07 bits per heavy atom. The molecule has 0 saturated heterocycles. The van der Waals surface area contributed by atoms with Crippen LogP contribution in [0, 0.1) is 5.92 Å². The summed E-state index contributed by atoms with van der Waals surface area (Å²) in [5, 5.41) is 2.85. The number of carbonyl (C=O) groups is 1. The topological polar surface area (TPSA) is 84.5 Å². The van der Waals surface area contributed by atoms with Gasteiger partial charge in [-0.3, -0.25) is 9.52 Å². The molecule has 0 spiro atoms. The normalized spacial score (nSPS) is 15.1. The molecule has 6 nitrogen and oxygen atoms in total. The lowest BCUT2D eigenvalue weighted by Gasteiger charge is -2.21. The van der Waals surface area contributed by atoms with E-state index in [4.69, 9.17) is 4.74 Å². The van der Waals surface area contributed by atoms with E-state index in [9.17, 15) is 13.2 Å². The van der Waals surface area contributed by atoms with Crippen molar-refractivity contribution in [1.82, 2.24) is 0 Å². The maximum Gasteiger partial charge on any atom is 0.261 e. The first kappa shape index (κ1) is 20.7. The van der Waals surface area contributed by atoms with E-state index in [0.717, 1.165) is 36.6 Å². The lowest BCUT2D eigenvalue weighted by molar-refractivity contribution is -0.120. The van der Waals surface area contributed by atoms with Gasteiger partial charge in [0.25, 0.3) is 10.0 Å². The smallest absolute Gasteiger partial charge is 0.261 e. The summed E-state index contributed by atoms with van der Waals surface area (Å²) in [6.45, 7) is 0. The molecule has 0 bridgehead atoms. The van der Waals surface area contributed by atoms with E-state index in [1.54, 1.807) is 30.3 Å². The molecular weight excluding hydrogens is 444 g/mol. The molecule has 1 amide bonds. The Bertz CT molecular complexity index is 939. The van der Waals surface area contributed by atoms with Crippen LogP contribution in [-0.2, 0) is 14.8 Å². The molecule has 0 atom stereocenters. The van der Waals surface area contributed by atoms with E-state index in [0.29, 0.717) is 17.1 Å². The predicted molar refractivity (Wildman–Crippen MR) is 113 cm³/mol. The van der Waals surface area contributed by atoms with Crippen molar-refractivity contribution in [1.29, 1.82) is 0 Å². The number of anilines is 2. The number of carbonyl (C=O) groups excluding carboxylic acids is 1. The van der Waals surface area contributed by atoms with Crippen molar-refractivity contribution in [3.8, 4) is 5.75 Å². The van der Waals surface area contributed by atoms with Crippen LogP contribution >= 0.6 is 15.9 Å². The van der Waals surface area contributed by atoms with Crippen LogP contribution in [-0.4, -0.2) is 21.4 Å². The number of rotatable bonds is 6. The quantitative estimate of drug-likeness (QED) is 0.641. The number of sulfonamides is 1. The van der Waals surface area contributed by atoms with Gasteiger partial charge in [0, 0.05) is 16.1 Å². The Balaban J connectivity index is 1.82. The number of ether oxygens (including phenoxy) is 1. The third-order valence-electron chi connectivity index (χ3n) is 4.81. The number of hydrogen-bond acceptors (Lipinski definition) is 4. The molecule has 2 aromatic rings. The molecule has 28 heavy (non-hydrogen) atoms. The molecule has 150 valence electrons. The molecule has 3 rings (SSSR count). The number of halogens is 1. The molecule has 1 aliphatic rings. The van der Waals surface area contributed by atoms with E-state index in [2.05, 4.69) is 26.0 Å². The molecular formula is C20H23BrN2O4S. The fourth-order valence-corrected chi connectivity index (χ4v) is 4.63. The largest absolute Gasteiger partial charge is 0.495 e. The van der Waals surface area contributed by atoms with Crippen molar-refractivity contribution >= 4 is 43.2 Å². The molecule has 0 radical (unpaired) electrons. The van der Waals surface area contributed by atoms with Gasteiger partial charge in [-0.25, -0.2) is 8.42 Å². The molecule has 8 heteroatoms. The second-order valence-electron chi connectivity index (χ2n) is 6.80. The van der Waals surface area contributed by atoms with E-state index in [-0.39, 0.29) is 16.7 Å². The third-order valence-corrected chi connectivity index (χ3v) is 6.72. The van der Waals surface area contributed by atoms with Gasteiger partial charge in [-0.2, -0.15) is 0 Å². The van der Waals surface area contributed by atoms with Gasteiger partial charge in [0.15, 0.2) is 0 Å². The van der Waals surface area contributed by atoms with E-state index in [1.165, 1.54) is 19.2 Å². The zero-order valence-electron chi connectivity index (χ0n) is 15.6. The Labute approximate surface area is 173 Å². The highest BCUT2D eigenvalue weighted by molar-refractivity contribution is 9.10. The van der Waals surface area contributed by atoms with E-state index < -0.39 is 10.0 Å². The van der Waals surface area contributed by atoms with Gasteiger partial charge in [0.05, 0.1) is 17.7 Å². The average Bonchev–Trinajstić information content (AvgIpc) is 2.70. The highest BCUT2D eigenvalue weighted by Crippen LogP contribution is 2.31. The molecule has 0 heterocycles. The van der Waals surface area contributed by atoms with Gasteiger partial charge in [0.1, 0.15) is 5.75 Å². The summed E-state index contributed by atoms with van der Waals surface area (Å²) >= 11 is 3.32. The van der Waals surface area contributed by atoms with Crippen LogP contribution in [0.1, 0.15) is 32.1 Å². The first-order chi connectivity index (χ1) is 13.4. The Morgan fingerprint density at radius 3 is 2.39 bits per heavy atom. The van der Waals surface area contributed by atoms with Crippen LogP contribution in [0.25, 0.3) is 0 Å². The number of hydrogen-bond donors (Lipinski definition) is 2. The summed E-state index contributed by atoms with van der Waals surface area (Å²) in [6.07, 6.45) is 4.96. The predicted octanol–water partition coefficient (Wildman–Crippen LogP) is 4.78. The molecule has 2 aromatic carbocycles. The number of amides is 1. The molecule has 0 aliphatic heterocycles. The molecule has 2 N–H and O–H groups in total. The summed E-state index contributed by atoms with van der Waals surface area (Å²) in [6, 6.07) is 11.3. The number of methoxy groups -OCH3 is 1. The number of nitrogens with one attached hydrogen (secondary N) is 2. The fraction of sp³-hybridized carbons (Fsp3) is 0.350. The second-order valence-corrected chi connectivity index (χ2v) is 9.40. The molecule has 1 aliphatic carbocycles. The van der Waals surface area contributed by atoms with Crippen molar-refractivity contribution in [2.24, 2.45) is 5.92 Å². The Morgan fingerprint density at radius 2 is 1.75 bits per heavy atom. The van der Waals surface area contributed by atoms with Crippen LogP contribution in [0.15, 0.2) is 51.8 Å². The van der Waals surface area contributed by atoms with Gasteiger partial charge in [-0.1, -0.05) is 35.2 Å². The van der Waals surface area contributed by atoms with Crippen molar-refractivity contribution in [3.63, 3.8) is 0 Å². The minimum absolute atomic E-state index is 0.0420. The first-order valence-electron chi connectivity index (χ1n) is 9.16. The SMILES string of the molecule is COc1ccc(S(=O)(=O)Nc2ccc(Br)cc2)cc1NC(=O)C1CCCCC1. The van der Waals surface area contributed by atoms with E-state index in [1.807, 2.05) is 0 Å². The first-order valence-corrected chi connectivity index (χ1v) is 11.4. The highest BCUT2D eigenvalue weighted by atomic mass is 79.9. The van der Waals surface area contributed by atoms with Crippen LogP contribution in [0.5, 0.6) is 5.75 Å². The van der Waals surface area contributed by atoms with Crippen molar-refractivity contribution in [2.45, 2.75) is 37.0 Å². The minimum Gasteiger partial charge on any atom is -0.495 e. The van der Waals surface area contributed by atoms with Gasteiger partial charge in [-0.15, -0.1) is 0 Å². The monoisotopic (exact) mass is 466 g/mol. The van der Waals surface area contributed by atoms with Crippen LogP contribution in [0.3, 0.4) is 0 Å². The van der Waals surface area contributed by atoms with Crippen molar-refractivity contribution < 1.29 is 17.9 Å². The molecule has 0 aromatic heterocycles. The minimum atomic E-state index is -3.81. The third kappa shape index (κ3) is 5.05. The number of benzene rings is 2. The average molecular weight is 467 g/mol. The summed E-state index contributed by atoms with van der Waals surface area (Å²) < 4.78 is 34.2. The zero-order chi connectivity index (χ0) is 20.1. The summed E-state index contributed by atoms with van der Waals surface area (Å²) in [7, 11) is -2.32. The zero-order valence-corrected chi connectivity index (χ0v) is 18.0. The van der Waals surface area contributed by atoms with Crippen LogP contribution in [0.4, 0.5) is 11.4 Å². The van der Waals surface area contributed by atoms with E-state index >= 15 is 0 Å².